The number of hydrogen-bond acceptors (Lipinski definition) is 8. The monoisotopic (exact) mass is 438 g/mol. The smallest absolute Gasteiger partial charge is 0.306 e. The number of carbonyl (C=O) groups is 2. The van der Waals surface area contributed by atoms with Crippen molar-refractivity contribution in [3.05, 3.63) is 35.9 Å². The number of aliphatic hydroxyl groups excluding tert-OH is 2. The molecule has 1 aromatic carbocycles. The normalized spacial score (nSPS) is 26.1. The third-order valence-corrected chi connectivity index (χ3v) is 4.74. The molecule has 31 heavy (non-hydrogen) atoms. The number of benzene rings is 1. The van der Waals surface area contributed by atoms with Gasteiger partial charge >= 0.3 is 11.9 Å². The maximum atomic E-state index is 12.3. The van der Waals surface area contributed by atoms with Crippen LogP contribution in [0.5, 0.6) is 0 Å². The van der Waals surface area contributed by atoms with Crippen molar-refractivity contribution in [1.29, 1.82) is 0 Å². The van der Waals surface area contributed by atoms with Crippen LogP contribution in [-0.4, -0.2) is 59.5 Å². The molecule has 8 nitrogen and oxygen atoms in total. The van der Waals surface area contributed by atoms with E-state index < -0.39 is 42.6 Å². The first-order valence-corrected chi connectivity index (χ1v) is 10.7. The molecule has 5 atom stereocenters. The standard InChI is InChI=1S/C23H34O8/c1-14(2)10-18(24)28-13-17-21(29-12-16-8-6-5-7-9-16)22(20(26)23(27)30-17)31-19(25)11-15(3)4/h5-9,14-15,17,20-23,26-27H,10-13H2,1-4H3/t17-,20-,21-,22-,23?/m1/s1. The number of hydrogen-bond donors (Lipinski definition) is 2. The van der Waals surface area contributed by atoms with Crippen molar-refractivity contribution in [2.45, 2.75) is 77.8 Å². The highest BCUT2D eigenvalue weighted by Crippen LogP contribution is 2.27. The van der Waals surface area contributed by atoms with Gasteiger partial charge in [0.05, 0.1) is 6.61 Å². The summed E-state index contributed by atoms with van der Waals surface area (Å²) >= 11 is 0. The largest absolute Gasteiger partial charge is 0.463 e. The minimum absolute atomic E-state index is 0.0610. The van der Waals surface area contributed by atoms with Crippen molar-refractivity contribution in [1.82, 2.24) is 0 Å². The summed E-state index contributed by atoms with van der Waals surface area (Å²) in [6.45, 7) is 7.50. The van der Waals surface area contributed by atoms with Crippen LogP contribution in [0.1, 0.15) is 46.1 Å². The zero-order chi connectivity index (χ0) is 23.0. The average molecular weight is 439 g/mol. The van der Waals surface area contributed by atoms with Gasteiger partial charge in [-0.25, -0.2) is 0 Å². The molecule has 0 aromatic heterocycles. The topological polar surface area (TPSA) is 112 Å². The first-order chi connectivity index (χ1) is 14.7. The number of carbonyl (C=O) groups excluding carboxylic acids is 2. The molecule has 2 rings (SSSR count). The summed E-state index contributed by atoms with van der Waals surface area (Å²) < 4.78 is 22.2. The van der Waals surface area contributed by atoms with Crippen molar-refractivity contribution < 1.29 is 38.7 Å². The van der Waals surface area contributed by atoms with Gasteiger partial charge in [-0.15, -0.1) is 0 Å². The highest BCUT2D eigenvalue weighted by Gasteiger charge is 2.48. The summed E-state index contributed by atoms with van der Waals surface area (Å²) in [6, 6.07) is 9.33. The van der Waals surface area contributed by atoms with Gasteiger partial charge in [-0.1, -0.05) is 58.0 Å². The van der Waals surface area contributed by atoms with Crippen molar-refractivity contribution in [3.63, 3.8) is 0 Å². The van der Waals surface area contributed by atoms with Crippen LogP contribution in [0.15, 0.2) is 30.3 Å². The zero-order valence-electron chi connectivity index (χ0n) is 18.6. The van der Waals surface area contributed by atoms with Crippen LogP contribution in [0.3, 0.4) is 0 Å². The molecule has 1 aliphatic heterocycles. The molecule has 1 aliphatic rings. The van der Waals surface area contributed by atoms with Crippen LogP contribution >= 0.6 is 0 Å². The molecule has 1 saturated heterocycles. The zero-order valence-corrected chi connectivity index (χ0v) is 18.6. The third kappa shape index (κ3) is 8.22. The second-order valence-corrected chi connectivity index (χ2v) is 8.65. The van der Waals surface area contributed by atoms with Crippen molar-refractivity contribution in [2.24, 2.45) is 11.8 Å². The Morgan fingerprint density at radius 3 is 2.19 bits per heavy atom. The van der Waals surface area contributed by atoms with Crippen LogP contribution in [0.25, 0.3) is 0 Å². The minimum Gasteiger partial charge on any atom is -0.463 e. The summed E-state index contributed by atoms with van der Waals surface area (Å²) in [5.74, 6) is -0.737. The lowest BCUT2D eigenvalue weighted by Crippen LogP contribution is -2.61. The van der Waals surface area contributed by atoms with E-state index in [-0.39, 0.29) is 37.9 Å². The third-order valence-electron chi connectivity index (χ3n) is 4.74. The lowest BCUT2D eigenvalue weighted by atomic mass is 9.98. The second kappa shape index (κ2) is 12.1. The summed E-state index contributed by atoms with van der Waals surface area (Å²) in [7, 11) is 0. The van der Waals surface area contributed by atoms with Gasteiger partial charge in [-0.3, -0.25) is 9.59 Å². The Morgan fingerprint density at radius 2 is 1.58 bits per heavy atom. The van der Waals surface area contributed by atoms with Gasteiger partial charge in [0.2, 0.25) is 0 Å². The highest BCUT2D eigenvalue weighted by atomic mass is 16.7. The Hall–Kier alpha value is -2.00. The number of aliphatic hydroxyl groups is 2. The van der Waals surface area contributed by atoms with E-state index in [0.717, 1.165) is 5.56 Å². The summed E-state index contributed by atoms with van der Waals surface area (Å²) in [4.78, 5) is 24.3. The van der Waals surface area contributed by atoms with Crippen LogP contribution in [0, 0.1) is 11.8 Å². The predicted molar refractivity (Wildman–Crippen MR) is 112 cm³/mol. The average Bonchev–Trinajstić information content (AvgIpc) is 2.69. The van der Waals surface area contributed by atoms with Gasteiger partial charge in [0.15, 0.2) is 12.4 Å². The van der Waals surface area contributed by atoms with E-state index in [4.69, 9.17) is 18.9 Å². The first-order valence-electron chi connectivity index (χ1n) is 10.7. The lowest BCUT2D eigenvalue weighted by Gasteiger charge is -2.42. The Balaban J connectivity index is 2.16. The Kier molecular flexibility index (Phi) is 9.90. The van der Waals surface area contributed by atoms with E-state index in [1.165, 1.54) is 0 Å². The fraction of sp³-hybridized carbons (Fsp3) is 0.652. The highest BCUT2D eigenvalue weighted by molar-refractivity contribution is 5.70. The number of esters is 2. The van der Waals surface area contributed by atoms with Crippen molar-refractivity contribution in [2.75, 3.05) is 6.61 Å². The van der Waals surface area contributed by atoms with Crippen LogP contribution in [0.4, 0.5) is 0 Å². The summed E-state index contributed by atoms with van der Waals surface area (Å²) in [6.07, 6.45) is -5.76. The molecule has 2 N–H and O–H groups in total. The molecule has 0 bridgehead atoms. The molecule has 1 aromatic rings. The fourth-order valence-corrected chi connectivity index (χ4v) is 3.25. The van der Waals surface area contributed by atoms with Crippen LogP contribution < -0.4 is 0 Å². The summed E-state index contributed by atoms with van der Waals surface area (Å²) in [5.41, 5.74) is 0.867. The quantitative estimate of drug-likeness (QED) is 0.535. The van der Waals surface area contributed by atoms with E-state index >= 15 is 0 Å². The molecule has 0 amide bonds. The van der Waals surface area contributed by atoms with Gasteiger partial charge in [0, 0.05) is 12.8 Å². The molecular weight excluding hydrogens is 404 g/mol. The molecular formula is C23H34O8. The maximum Gasteiger partial charge on any atom is 0.306 e. The number of ether oxygens (including phenoxy) is 4. The molecule has 0 spiro atoms. The molecule has 1 fully saturated rings. The molecule has 0 aliphatic carbocycles. The van der Waals surface area contributed by atoms with Gasteiger partial charge in [-0.05, 0) is 17.4 Å². The molecule has 174 valence electrons. The predicted octanol–water partition coefficient (Wildman–Crippen LogP) is 2.20. The number of rotatable bonds is 10. The van der Waals surface area contributed by atoms with E-state index in [1.807, 2.05) is 58.0 Å². The first kappa shape index (κ1) is 25.3. The fourth-order valence-electron chi connectivity index (χ4n) is 3.25. The Bertz CT molecular complexity index is 690. The van der Waals surface area contributed by atoms with E-state index in [2.05, 4.69) is 0 Å². The van der Waals surface area contributed by atoms with E-state index in [9.17, 15) is 19.8 Å². The SMILES string of the molecule is CC(C)CC(=O)OC[C@H]1OC(O)[C@H](O)[C@@H](OC(=O)CC(C)C)[C@@H]1OCc1ccccc1. The van der Waals surface area contributed by atoms with E-state index in [0.29, 0.717) is 0 Å². The molecule has 1 heterocycles. The molecule has 1 unspecified atom stereocenters. The minimum atomic E-state index is -1.61. The molecule has 8 heteroatoms. The van der Waals surface area contributed by atoms with Gasteiger partial charge in [-0.2, -0.15) is 0 Å². The van der Waals surface area contributed by atoms with Gasteiger partial charge < -0.3 is 29.2 Å². The second-order valence-electron chi connectivity index (χ2n) is 8.65. The van der Waals surface area contributed by atoms with Crippen molar-refractivity contribution >= 4 is 11.9 Å². The van der Waals surface area contributed by atoms with Crippen LogP contribution in [-0.2, 0) is 35.1 Å². The summed E-state index contributed by atoms with van der Waals surface area (Å²) in [5, 5.41) is 20.6. The van der Waals surface area contributed by atoms with Crippen LogP contribution in [0.2, 0.25) is 0 Å². The van der Waals surface area contributed by atoms with Crippen molar-refractivity contribution in [3.8, 4) is 0 Å². The molecule has 0 saturated carbocycles. The molecule has 0 radical (unpaired) electrons. The Morgan fingerprint density at radius 1 is 0.968 bits per heavy atom. The van der Waals surface area contributed by atoms with E-state index in [1.54, 1.807) is 0 Å². The lowest BCUT2D eigenvalue weighted by molar-refractivity contribution is -0.299. The van der Waals surface area contributed by atoms with Gasteiger partial charge in [0.25, 0.3) is 0 Å². The maximum absolute atomic E-state index is 12.3. The van der Waals surface area contributed by atoms with Gasteiger partial charge in [0.1, 0.15) is 24.9 Å². The Labute approximate surface area is 183 Å².